The Balaban J connectivity index is 1.45. The highest BCUT2D eigenvalue weighted by atomic mass is 16.4. The van der Waals surface area contributed by atoms with Gasteiger partial charge in [-0.15, -0.1) is 5.10 Å². The topological polar surface area (TPSA) is 107 Å². The van der Waals surface area contributed by atoms with E-state index in [-0.39, 0.29) is 18.4 Å². The number of benzene rings is 1. The Bertz CT molecular complexity index is 1240. The second kappa shape index (κ2) is 6.91. The number of carbonyl (C=O) groups excluding carboxylic acids is 1. The third kappa shape index (κ3) is 3.38. The highest BCUT2D eigenvalue weighted by molar-refractivity contribution is 5.78. The standard InChI is InChI=1S/C19H20N6O3/c1-11-8-13(3)25-18(21-11)22-16(23-25)9-17(26)20-12(2)10-24-14-6-4-5-7-15(14)28-19(24)27/h4-8,12H,9-10H2,1-3H3,(H,20,26)/t12-/m1/s1. The van der Waals surface area contributed by atoms with Gasteiger partial charge in [0.05, 0.1) is 11.9 Å². The predicted molar refractivity (Wildman–Crippen MR) is 102 cm³/mol. The molecule has 1 amide bonds. The van der Waals surface area contributed by atoms with Crippen molar-refractivity contribution in [1.82, 2.24) is 29.5 Å². The van der Waals surface area contributed by atoms with E-state index in [2.05, 4.69) is 20.4 Å². The second-order valence-electron chi connectivity index (χ2n) is 6.87. The van der Waals surface area contributed by atoms with Crippen LogP contribution in [-0.2, 0) is 17.8 Å². The molecule has 0 saturated heterocycles. The maximum Gasteiger partial charge on any atom is 0.420 e. The van der Waals surface area contributed by atoms with Crippen LogP contribution in [-0.4, -0.2) is 36.1 Å². The average molecular weight is 380 g/mol. The Morgan fingerprint density at radius 3 is 2.86 bits per heavy atom. The van der Waals surface area contributed by atoms with E-state index in [1.54, 1.807) is 16.6 Å². The van der Waals surface area contributed by atoms with Gasteiger partial charge in [-0.05, 0) is 39.0 Å². The van der Waals surface area contributed by atoms with Crippen LogP contribution in [0.1, 0.15) is 24.1 Å². The van der Waals surface area contributed by atoms with Crippen LogP contribution in [0.25, 0.3) is 16.9 Å². The lowest BCUT2D eigenvalue weighted by Gasteiger charge is -2.13. The number of para-hydroxylation sites is 2. The van der Waals surface area contributed by atoms with Crippen molar-refractivity contribution in [2.75, 3.05) is 0 Å². The zero-order chi connectivity index (χ0) is 19.8. The molecule has 1 atom stereocenters. The van der Waals surface area contributed by atoms with Gasteiger partial charge in [0.25, 0.3) is 5.78 Å². The largest absolute Gasteiger partial charge is 0.420 e. The lowest BCUT2D eigenvalue weighted by Crippen LogP contribution is -2.38. The number of fused-ring (bicyclic) bond motifs is 2. The highest BCUT2D eigenvalue weighted by Gasteiger charge is 2.16. The molecule has 3 aromatic heterocycles. The van der Waals surface area contributed by atoms with E-state index in [9.17, 15) is 9.59 Å². The molecular weight excluding hydrogens is 360 g/mol. The van der Waals surface area contributed by atoms with Crippen LogP contribution in [0, 0.1) is 13.8 Å². The first-order valence-electron chi connectivity index (χ1n) is 8.98. The zero-order valence-electron chi connectivity index (χ0n) is 15.8. The van der Waals surface area contributed by atoms with Crippen LogP contribution < -0.4 is 11.1 Å². The number of hydrogen-bond acceptors (Lipinski definition) is 6. The number of carbonyl (C=O) groups is 1. The summed E-state index contributed by atoms with van der Waals surface area (Å²) in [5.74, 6) is 0.210. The van der Waals surface area contributed by atoms with E-state index in [1.165, 1.54) is 4.57 Å². The van der Waals surface area contributed by atoms with Gasteiger partial charge < -0.3 is 9.73 Å². The third-order valence-electron chi connectivity index (χ3n) is 4.42. The number of oxazole rings is 1. The summed E-state index contributed by atoms with van der Waals surface area (Å²) in [5.41, 5.74) is 2.98. The molecular formula is C19H20N6O3. The molecule has 0 radical (unpaired) electrons. The molecule has 0 aliphatic rings. The summed E-state index contributed by atoms with van der Waals surface area (Å²) in [4.78, 5) is 33.1. The van der Waals surface area contributed by atoms with Crippen LogP contribution in [0.5, 0.6) is 0 Å². The molecule has 4 aromatic rings. The van der Waals surface area contributed by atoms with E-state index in [4.69, 9.17) is 4.42 Å². The van der Waals surface area contributed by atoms with Gasteiger partial charge in [0, 0.05) is 24.0 Å². The predicted octanol–water partition coefficient (Wildman–Crippen LogP) is 1.40. The quantitative estimate of drug-likeness (QED) is 0.561. The fraction of sp³-hybridized carbons (Fsp3) is 0.316. The van der Waals surface area contributed by atoms with Crippen LogP contribution in [0.4, 0.5) is 0 Å². The number of amides is 1. The van der Waals surface area contributed by atoms with E-state index in [1.807, 2.05) is 39.0 Å². The molecule has 9 nitrogen and oxygen atoms in total. The maximum atomic E-state index is 12.4. The molecule has 0 aliphatic carbocycles. The van der Waals surface area contributed by atoms with Gasteiger partial charge in [0.2, 0.25) is 5.91 Å². The molecule has 9 heteroatoms. The molecule has 1 N–H and O–H groups in total. The zero-order valence-corrected chi connectivity index (χ0v) is 15.8. The lowest BCUT2D eigenvalue weighted by molar-refractivity contribution is -0.121. The van der Waals surface area contributed by atoms with Crippen molar-refractivity contribution in [3.8, 4) is 0 Å². The van der Waals surface area contributed by atoms with Crippen molar-refractivity contribution in [2.24, 2.45) is 0 Å². The van der Waals surface area contributed by atoms with Gasteiger partial charge >= 0.3 is 5.76 Å². The molecule has 4 rings (SSSR count). The molecule has 0 saturated carbocycles. The Hall–Kier alpha value is -3.49. The smallest absolute Gasteiger partial charge is 0.408 e. The van der Waals surface area contributed by atoms with Gasteiger partial charge in [-0.2, -0.15) is 4.98 Å². The van der Waals surface area contributed by atoms with E-state index in [0.717, 1.165) is 11.4 Å². The van der Waals surface area contributed by atoms with Gasteiger partial charge in [-0.25, -0.2) is 14.3 Å². The molecule has 0 spiro atoms. The second-order valence-corrected chi connectivity index (χ2v) is 6.87. The molecule has 3 heterocycles. The third-order valence-corrected chi connectivity index (χ3v) is 4.42. The fourth-order valence-electron chi connectivity index (χ4n) is 3.26. The molecule has 0 bridgehead atoms. The number of aryl methyl sites for hydroxylation is 2. The minimum Gasteiger partial charge on any atom is -0.408 e. The van der Waals surface area contributed by atoms with Crippen molar-refractivity contribution in [2.45, 2.75) is 39.8 Å². The molecule has 144 valence electrons. The van der Waals surface area contributed by atoms with Crippen molar-refractivity contribution in [1.29, 1.82) is 0 Å². The molecule has 0 aliphatic heterocycles. The number of rotatable bonds is 5. The van der Waals surface area contributed by atoms with Crippen LogP contribution >= 0.6 is 0 Å². The molecule has 1 aromatic carbocycles. The molecule has 28 heavy (non-hydrogen) atoms. The Kier molecular flexibility index (Phi) is 4.42. The summed E-state index contributed by atoms with van der Waals surface area (Å²) in [7, 11) is 0. The van der Waals surface area contributed by atoms with Gasteiger partial charge in [0.1, 0.15) is 0 Å². The summed E-state index contributed by atoms with van der Waals surface area (Å²) >= 11 is 0. The first-order chi connectivity index (χ1) is 13.4. The van der Waals surface area contributed by atoms with Gasteiger partial charge in [0.15, 0.2) is 11.4 Å². The first kappa shape index (κ1) is 17.9. The van der Waals surface area contributed by atoms with Gasteiger partial charge in [-0.3, -0.25) is 9.36 Å². The first-order valence-corrected chi connectivity index (χ1v) is 8.98. The van der Waals surface area contributed by atoms with E-state index in [0.29, 0.717) is 29.2 Å². The Morgan fingerprint density at radius 1 is 1.25 bits per heavy atom. The fourth-order valence-corrected chi connectivity index (χ4v) is 3.26. The average Bonchev–Trinajstić information content (AvgIpc) is 3.15. The summed E-state index contributed by atoms with van der Waals surface area (Å²) < 4.78 is 8.35. The number of nitrogens with one attached hydrogen (secondary N) is 1. The number of hydrogen-bond donors (Lipinski definition) is 1. The summed E-state index contributed by atoms with van der Waals surface area (Å²) in [5, 5.41) is 7.22. The van der Waals surface area contributed by atoms with Crippen LogP contribution in [0.15, 0.2) is 39.5 Å². The molecule has 0 unspecified atom stereocenters. The summed E-state index contributed by atoms with van der Waals surface area (Å²) in [6.07, 6.45) is 0.0349. The number of nitrogens with zero attached hydrogens (tertiary/aromatic N) is 5. The van der Waals surface area contributed by atoms with Crippen molar-refractivity contribution in [3.05, 3.63) is 58.1 Å². The minimum absolute atomic E-state index is 0.0349. The van der Waals surface area contributed by atoms with Crippen LogP contribution in [0.2, 0.25) is 0 Å². The summed E-state index contributed by atoms with van der Waals surface area (Å²) in [6.45, 7) is 5.94. The number of aromatic nitrogens is 5. The van der Waals surface area contributed by atoms with Gasteiger partial charge in [-0.1, -0.05) is 12.1 Å². The monoisotopic (exact) mass is 380 g/mol. The van der Waals surface area contributed by atoms with Crippen molar-refractivity contribution in [3.63, 3.8) is 0 Å². The Labute approximate surface area is 160 Å². The van der Waals surface area contributed by atoms with Crippen molar-refractivity contribution < 1.29 is 9.21 Å². The molecule has 0 fully saturated rings. The van der Waals surface area contributed by atoms with Crippen molar-refractivity contribution >= 4 is 22.8 Å². The normalized spacial score (nSPS) is 12.5. The SMILES string of the molecule is Cc1cc(C)n2nc(CC(=O)N[C@H](C)Cn3c(=O)oc4ccccc43)nc2n1. The van der Waals surface area contributed by atoms with Crippen LogP contribution in [0.3, 0.4) is 0 Å². The minimum atomic E-state index is -0.443. The van der Waals surface area contributed by atoms with E-state index < -0.39 is 5.76 Å². The highest BCUT2D eigenvalue weighted by Crippen LogP contribution is 2.12. The maximum absolute atomic E-state index is 12.4. The Morgan fingerprint density at radius 2 is 2.04 bits per heavy atom. The lowest BCUT2D eigenvalue weighted by atomic mass is 10.2. The van der Waals surface area contributed by atoms with E-state index >= 15 is 0 Å². The summed E-state index contributed by atoms with van der Waals surface area (Å²) in [6, 6.07) is 8.83.